The van der Waals surface area contributed by atoms with E-state index < -0.39 is 12.4 Å². The number of hydrogen-bond donors (Lipinski definition) is 0. The van der Waals surface area contributed by atoms with E-state index in [4.69, 9.17) is 4.74 Å². The zero-order valence-electron chi connectivity index (χ0n) is 9.19. The topological polar surface area (TPSA) is 26.3 Å². The number of benzene rings is 2. The molecule has 90 valence electrons. The van der Waals surface area contributed by atoms with Gasteiger partial charge in [0.2, 0.25) is 0 Å². The van der Waals surface area contributed by atoms with Crippen LogP contribution in [0.25, 0.3) is 22.9 Å². The molecule has 0 heterocycles. The Morgan fingerprint density at radius 2 is 1.94 bits per heavy atom. The van der Waals surface area contributed by atoms with Crippen LogP contribution in [0.15, 0.2) is 30.3 Å². The molecule has 0 spiro atoms. The molecular weight excluding hydrogens is 238 g/mol. The number of halogens is 2. The van der Waals surface area contributed by atoms with Crippen molar-refractivity contribution in [3.63, 3.8) is 0 Å². The molecule has 0 fully saturated rings. The molecule has 0 saturated heterocycles. The highest BCUT2D eigenvalue weighted by Crippen LogP contribution is 2.37. The molecule has 0 unspecified atom stereocenters. The third-order valence-electron chi connectivity index (χ3n) is 2.90. The number of carbonyl (C=O) groups excluding carboxylic acids is 1. The highest BCUT2D eigenvalue weighted by atomic mass is 19.3. The molecule has 0 aliphatic heterocycles. The first-order valence-electron chi connectivity index (χ1n) is 5.40. The number of esters is 1. The van der Waals surface area contributed by atoms with Crippen molar-refractivity contribution < 1.29 is 18.3 Å². The van der Waals surface area contributed by atoms with Crippen molar-refractivity contribution in [2.75, 3.05) is 0 Å². The Hall–Kier alpha value is -2.23. The molecule has 4 heteroatoms. The van der Waals surface area contributed by atoms with Crippen molar-refractivity contribution in [3.05, 3.63) is 41.5 Å². The lowest BCUT2D eigenvalue weighted by molar-refractivity contribution is -0.146. The van der Waals surface area contributed by atoms with Crippen LogP contribution in [0.1, 0.15) is 11.1 Å². The van der Waals surface area contributed by atoms with Crippen LogP contribution < -0.4 is 4.74 Å². The highest BCUT2D eigenvalue weighted by Gasteiger charge is 2.21. The smallest absolute Gasteiger partial charge is 0.379 e. The van der Waals surface area contributed by atoms with Gasteiger partial charge in [-0.3, -0.25) is 0 Å². The Morgan fingerprint density at radius 3 is 2.72 bits per heavy atom. The van der Waals surface area contributed by atoms with Gasteiger partial charge in [-0.2, -0.15) is 8.78 Å². The lowest BCUT2D eigenvalue weighted by Crippen LogP contribution is -2.17. The SMILES string of the molecule is O=C(Oc1ccc2cccc3c2c1C=C3)C(F)F. The molecule has 1 aliphatic rings. The minimum Gasteiger partial charge on any atom is -0.422 e. The van der Waals surface area contributed by atoms with Crippen LogP contribution in [0, 0.1) is 0 Å². The van der Waals surface area contributed by atoms with Crippen LogP contribution in [0.4, 0.5) is 8.78 Å². The molecule has 0 amide bonds. The molecule has 0 aromatic heterocycles. The summed E-state index contributed by atoms with van der Waals surface area (Å²) in [4.78, 5) is 10.9. The molecule has 0 radical (unpaired) electrons. The maximum atomic E-state index is 12.2. The molecule has 1 aliphatic carbocycles. The van der Waals surface area contributed by atoms with Gasteiger partial charge in [-0.05, 0) is 28.5 Å². The van der Waals surface area contributed by atoms with Gasteiger partial charge in [0.05, 0.1) is 0 Å². The number of ether oxygens (including phenoxy) is 1. The minimum atomic E-state index is -3.12. The first-order chi connectivity index (χ1) is 8.66. The summed E-state index contributed by atoms with van der Waals surface area (Å²) in [7, 11) is 0. The maximum absolute atomic E-state index is 12.2. The van der Waals surface area contributed by atoms with Gasteiger partial charge in [-0.1, -0.05) is 30.3 Å². The Balaban J connectivity index is 2.12. The zero-order chi connectivity index (χ0) is 12.7. The molecule has 0 N–H and O–H groups in total. The quantitative estimate of drug-likeness (QED) is 0.511. The van der Waals surface area contributed by atoms with Crippen molar-refractivity contribution in [1.29, 1.82) is 0 Å². The van der Waals surface area contributed by atoms with E-state index in [1.165, 1.54) is 6.07 Å². The number of rotatable bonds is 2. The molecule has 2 aromatic carbocycles. The second-order valence-corrected chi connectivity index (χ2v) is 3.98. The molecule has 18 heavy (non-hydrogen) atoms. The van der Waals surface area contributed by atoms with Gasteiger partial charge in [0.25, 0.3) is 0 Å². The van der Waals surface area contributed by atoms with E-state index in [-0.39, 0.29) is 5.75 Å². The predicted molar refractivity (Wildman–Crippen MR) is 64.5 cm³/mol. The van der Waals surface area contributed by atoms with Crippen molar-refractivity contribution in [1.82, 2.24) is 0 Å². The Morgan fingerprint density at radius 1 is 1.11 bits per heavy atom. The fraction of sp³-hybridized carbons (Fsp3) is 0.0714. The van der Waals surface area contributed by atoms with Gasteiger partial charge in [-0.15, -0.1) is 0 Å². The van der Waals surface area contributed by atoms with Crippen LogP contribution in [-0.4, -0.2) is 12.4 Å². The van der Waals surface area contributed by atoms with Crippen molar-refractivity contribution in [2.45, 2.75) is 6.43 Å². The minimum absolute atomic E-state index is 0.175. The predicted octanol–water partition coefficient (Wildman–Crippen LogP) is 3.49. The Bertz CT molecular complexity index is 675. The van der Waals surface area contributed by atoms with Gasteiger partial charge >= 0.3 is 12.4 Å². The van der Waals surface area contributed by atoms with Crippen molar-refractivity contribution in [2.24, 2.45) is 0 Å². The fourth-order valence-corrected chi connectivity index (χ4v) is 2.14. The van der Waals surface area contributed by atoms with Gasteiger partial charge in [0, 0.05) is 5.56 Å². The molecular formula is C14H8F2O2. The van der Waals surface area contributed by atoms with E-state index in [1.54, 1.807) is 12.1 Å². The number of carbonyl (C=O) groups is 1. The van der Waals surface area contributed by atoms with E-state index in [2.05, 4.69) is 0 Å². The maximum Gasteiger partial charge on any atom is 0.379 e. The molecule has 0 saturated carbocycles. The molecule has 0 bridgehead atoms. The first kappa shape index (κ1) is 10.9. The van der Waals surface area contributed by atoms with Crippen molar-refractivity contribution in [3.8, 4) is 5.75 Å². The molecule has 3 rings (SSSR count). The second kappa shape index (κ2) is 3.91. The highest BCUT2D eigenvalue weighted by molar-refractivity contribution is 6.06. The summed E-state index contributed by atoms with van der Waals surface area (Å²) in [6.45, 7) is 0. The van der Waals surface area contributed by atoms with Crippen LogP contribution in [-0.2, 0) is 4.79 Å². The third-order valence-corrected chi connectivity index (χ3v) is 2.90. The number of hydrogen-bond acceptors (Lipinski definition) is 2. The summed E-state index contributed by atoms with van der Waals surface area (Å²) in [6.07, 6.45) is 0.525. The third kappa shape index (κ3) is 1.57. The van der Waals surface area contributed by atoms with Gasteiger partial charge in [0.1, 0.15) is 5.75 Å². The largest absolute Gasteiger partial charge is 0.422 e. The van der Waals surface area contributed by atoms with Crippen LogP contribution in [0.3, 0.4) is 0 Å². The summed E-state index contributed by atoms with van der Waals surface area (Å²) < 4.78 is 29.1. The van der Waals surface area contributed by atoms with Crippen LogP contribution >= 0.6 is 0 Å². The van der Waals surface area contributed by atoms with Gasteiger partial charge < -0.3 is 4.74 Å². The molecule has 2 aromatic rings. The first-order valence-corrected chi connectivity index (χ1v) is 5.40. The normalized spacial score (nSPS) is 12.4. The summed E-state index contributed by atoms with van der Waals surface area (Å²) in [5.41, 5.74) is 1.68. The van der Waals surface area contributed by atoms with E-state index in [0.717, 1.165) is 16.3 Å². The Labute approximate surface area is 101 Å². The van der Waals surface area contributed by atoms with Crippen molar-refractivity contribution >= 4 is 28.9 Å². The second-order valence-electron chi connectivity index (χ2n) is 3.98. The van der Waals surface area contributed by atoms with E-state index in [0.29, 0.717) is 5.56 Å². The monoisotopic (exact) mass is 246 g/mol. The lowest BCUT2D eigenvalue weighted by atomic mass is 10.0. The van der Waals surface area contributed by atoms with E-state index in [9.17, 15) is 13.6 Å². The summed E-state index contributed by atoms with van der Waals surface area (Å²) in [5, 5.41) is 1.92. The van der Waals surface area contributed by atoms with E-state index >= 15 is 0 Å². The van der Waals surface area contributed by atoms with Crippen LogP contribution in [0.5, 0.6) is 5.75 Å². The summed E-state index contributed by atoms with van der Waals surface area (Å²) >= 11 is 0. The van der Waals surface area contributed by atoms with Crippen LogP contribution in [0.2, 0.25) is 0 Å². The zero-order valence-corrected chi connectivity index (χ0v) is 9.19. The average Bonchev–Trinajstić information content (AvgIpc) is 2.78. The summed E-state index contributed by atoms with van der Waals surface area (Å²) in [6, 6.07) is 9.06. The fourth-order valence-electron chi connectivity index (χ4n) is 2.14. The Kier molecular flexibility index (Phi) is 2.37. The number of alkyl halides is 2. The van der Waals surface area contributed by atoms with E-state index in [1.807, 2.05) is 24.3 Å². The lowest BCUT2D eigenvalue weighted by Gasteiger charge is -2.08. The average molecular weight is 246 g/mol. The van der Waals surface area contributed by atoms with Gasteiger partial charge in [-0.25, -0.2) is 4.79 Å². The standard InChI is InChI=1S/C14H8F2O2/c15-13(16)14(17)18-11-7-5-9-3-1-2-8-4-6-10(11)12(8)9/h1-7,13H. The van der Waals surface area contributed by atoms with Gasteiger partial charge in [0.15, 0.2) is 0 Å². The molecule has 2 nitrogen and oxygen atoms in total. The molecule has 0 atom stereocenters. The summed E-state index contributed by atoms with van der Waals surface area (Å²) in [5.74, 6) is -1.35.